The minimum absolute atomic E-state index is 0.230. The number of imide groups is 2. The number of rotatable bonds is 8. The lowest BCUT2D eigenvalue weighted by molar-refractivity contribution is -0.122. The van der Waals surface area contributed by atoms with Crippen molar-refractivity contribution >= 4 is 41.2 Å². The minimum Gasteiger partial charge on any atom is -0.489 e. The number of hydrogen-bond acceptors (Lipinski definition) is 5. The molecule has 41 heavy (non-hydrogen) atoms. The van der Waals surface area contributed by atoms with Crippen LogP contribution < -0.4 is 19.7 Å². The second kappa shape index (κ2) is 12.1. The summed E-state index contributed by atoms with van der Waals surface area (Å²) in [5, 5.41) is 2.65. The molecular weight excluding hydrogens is 540 g/mol. The zero-order chi connectivity index (χ0) is 28.9. The number of amides is 4. The average Bonchev–Trinajstić information content (AvgIpc) is 2.96. The number of urea groups is 1. The van der Waals surface area contributed by atoms with E-state index in [1.54, 1.807) is 42.5 Å². The third kappa shape index (κ3) is 6.65. The van der Waals surface area contributed by atoms with E-state index in [4.69, 9.17) is 21.1 Å². The normalized spacial score (nSPS) is 14.3. The van der Waals surface area contributed by atoms with E-state index in [9.17, 15) is 14.4 Å². The predicted molar refractivity (Wildman–Crippen MR) is 158 cm³/mol. The van der Waals surface area contributed by atoms with Crippen LogP contribution in [-0.4, -0.2) is 17.8 Å². The Morgan fingerprint density at radius 2 is 1.34 bits per heavy atom. The first-order valence-corrected chi connectivity index (χ1v) is 13.3. The van der Waals surface area contributed by atoms with Gasteiger partial charge in [0.25, 0.3) is 11.8 Å². The van der Waals surface area contributed by atoms with Gasteiger partial charge in [-0.25, -0.2) is 9.69 Å². The van der Waals surface area contributed by atoms with Crippen LogP contribution in [0.2, 0.25) is 5.02 Å². The molecule has 1 aliphatic rings. The molecule has 0 atom stereocenters. The summed E-state index contributed by atoms with van der Waals surface area (Å²) in [5.74, 6) is -0.572. The number of halogens is 1. The van der Waals surface area contributed by atoms with Crippen LogP contribution in [0.4, 0.5) is 10.5 Å². The number of barbiturate groups is 1. The molecule has 1 saturated heterocycles. The third-order valence-corrected chi connectivity index (χ3v) is 6.74. The first-order chi connectivity index (χ1) is 19.8. The molecule has 0 unspecified atom stereocenters. The molecule has 1 fully saturated rings. The van der Waals surface area contributed by atoms with Gasteiger partial charge in [-0.15, -0.1) is 0 Å². The SMILES string of the molecule is Cc1ccc(COc2ccc(N3C(=O)NC(=O)/C(=C\c4cc(Cl)ccc4OCc4ccc(C)cc4)C3=O)cc2)cc1. The highest BCUT2D eigenvalue weighted by molar-refractivity contribution is 6.39. The Balaban J connectivity index is 1.35. The molecule has 0 aliphatic carbocycles. The maximum Gasteiger partial charge on any atom is 0.335 e. The summed E-state index contributed by atoms with van der Waals surface area (Å²) in [4.78, 5) is 39.8. The van der Waals surface area contributed by atoms with E-state index >= 15 is 0 Å². The molecular formula is C33H27ClN2O5. The zero-order valence-electron chi connectivity index (χ0n) is 22.5. The van der Waals surface area contributed by atoms with E-state index in [0.29, 0.717) is 28.7 Å². The van der Waals surface area contributed by atoms with Gasteiger partial charge in [0.2, 0.25) is 0 Å². The monoisotopic (exact) mass is 566 g/mol. The Morgan fingerprint density at radius 1 is 0.756 bits per heavy atom. The Morgan fingerprint density at radius 3 is 1.95 bits per heavy atom. The van der Waals surface area contributed by atoms with Gasteiger partial charge in [0.15, 0.2) is 0 Å². The summed E-state index contributed by atoms with van der Waals surface area (Å²) < 4.78 is 11.8. The molecule has 0 saturated carbocycles. The second-order valence-corrected chi connectivity index (χ2v) is 10.1. The third-order valence-electron chi connectivity index (χ3n) is 6.51. The number of benzene rings is 4. The number of hydrogen-bond donors (Lipinski definition) is 1. The number of carbonyl (C=O) groups excluding carboxylic acids is 3. The van der Waals surface area contributed by atoms with Gasteiger partial charge in [-0.2, -0.15) is 0 Å². The van der Waals surface area contributed by atoms with Gasteiger partial charge in [-0.05, 0) is 73.5 Å². The van der Waals surface area contributed by atoms with Gasteiger partial charge in [0.05, 0.1) is 5.69 Å². The van der Waals surface area contributed by atoms with E-state index in [2.05, 4.69) is 5.32 Å². The zero-order valence-corrected chi connectivity index (χ0v) is 23.3. The highest BCUT2D eigenvalue weighted by Gasteiger charge is 2.37. The lowest BCUT2D eigenvalue weighted by atomic mass is 10.1. The van der Waals surface area contributed by atoms with Gasteiger partial charge in [-0.1, -0.05) is 71.3 Å². The van der Waals surface area contributed by atoms with Crippen molar-refractivity contribution in [3.63, 3.8) is 0 Å². The van der Waals surface area contributed by atoms with Gasteiger partial charge < -0.3 is 9.47 Å². The molecule has 4 aromatic carbocycles. The van der Waals surface area contributed by atoms with E-state index in [0.717, 1.165) is 27.2 Å². The van der Waals surface area contributed by atoms with Gasteiger partial charge >= 0.3 is 6.03 Å². The summed E-state index contributed by atoms with van der Waals surface area (Å²) in [6.07, 6.45) is 1.38. The largest absolute Gasteiger partial charge is 0.489 e. The number of anilines is 1. The van der Waals surface area contributed by atoms with E-state index in [1.807, 2.05) is 62.4 Å². The van der Waals surface area contributed by atoms with Crippen LogP contribution >= 0.6 is 11.6 Å². The van der Waals surface area contributed by atoms with Crippen molar-refractivity contribution < 1.29 is 23.9 Å². The molecule has 4 aromatic rings. The molecule has 0 spiro atoms. The van der Waals surface area contributed by atoms with Gasteiger partial charge in [0.1, 0.15) is 30.3 Å². The minimum atomic E-state index is -0.840. The van der Waals surface area contributed by atoms with Crippen molar-refractivity contribution in [1.29, 1.82) is 0 Å². The fourth-order valence-electron chi connectivity index (χ4n) is 4.20. The molecule has 1 N–H and O–H groups in total. The summed E-state index contributed by atoms with van der Waals surface area (Å²) in [6, 6.07) is 26.5. The molecule has 0 radical (unpaired) electrons. The van der Waals surface area contributed by atoms with Crippen LogP contribution in [0.1, 0.15) is 27.8 Å². The quantitative estimate of drug-likeness (QED) is 0.188. The number of aryl methyl sites for hydroxylation is 2. The van der Waals surface area contributed by atoms with E-state index in [1.165, 1.54) is 6.08 Å². The Kier molecular flexibility index (Phi) is 8.17. The maximum atomic E-state index is 13.5. The van der Waals surface area contributed by atoms with E-state index in [-0.39, 0.29) is 17.9 Å². The molecule has 1 aliphatic heterocycles. The Hall–Kier alpha value is -4.88. The number of nitrogens with zero attached hydrogens (tertiary/aromatic N) is 1. The number of carbonyl (C=O) groups is 3. The lowest BCUT2D eigenvalue weighted by Crippen LogP contribution is -2.54. The van der Waals surface area contributed by atoms with Gasteiger partial charge in [-0.3, -0.25) is 14.9 Å². The predicted octanol–water partition coefficient (Wildman–Crippen LogP) is 6.78. The van der Waals surface area contributed by atoms with Crippen molar-refractivity contribution in [3.05, 3.63) is 129 Å². The summed E-state index contributed by atoms with van der Waals surface area (Å²) in [6.45, 7) is 4.67. The molecule has 5 rings (SSSR count). The maximum absolute atomic E-state index is 13.5. The van der Waals surface area contributed by atoms with Crippen LogP contribution in [0.15, 0.2) is 96.6 Å². The molecule has 1 heterocycles. The highest BCUT2D eigenvalue weighted by atomic mass is 35.5. The van der Waals surface area contributed by atoms with Crippen molar-refractivity contribution in [2.75, 3.05) is 4.90 Å². The number of nitrogens with one attached hydrogen (secondary N) is 1. The highest BCUT2D eigenvalue weighted by Crippen LogP contribution is 2.29. The number of ether oxygens (including phenoxy) is 2. The molecule has 206 valence electrons. The molecule has 4 amide bonds. The summed E-state index contributed by atoms with van der Waals surface area (Å²) in [5.41, 5.74) is 4.76. The smallest absolute Gasteiger partial charge is 0.335 e. The van der Waals surface area contributed by atoms with Crippen molar-refractivity contribution in [1.82, 2.24) is 5.32 Å². The topological polar surface area (TPSA) is 84.9 Å². The average molecular weight is 567 g/mol. The summed E-state index contributed by atoms with van der Waals surface area (Å²) >= 11 is 6.23. The van der Waals surface area contributed by atoms with Crippen molar-refractivity contribution in [2.24, 2.45) is 0 Å². The van der Waals surface area contributed by atoms with Gasteiger partial charge in [0, 0.05) is 10.6 Å². The van der Waals surface area contributed by atoms with Crippen LogP contribution in [-0.2, 0) is 22.8 Å². The first-order valence-electron chi connectivity index (χ1n) is 12.9. The molecule has 0 aromatic heterocycles. The van der Waals surface area contributed by atoms with Crippen LogP contribution in [0.3, 0.4) is 0 Å². The van der Waals surface area contributed by atoms with Crippen molar-refractivity contribution in [3.8, 4) is 11.5 Å². The Bertz CT molecular complexity index is 1630. The fraction of sp³-hybridized carbons (Fsp3) is 0.121. The summed E-state index contributed by atoms with van der Waals surface area (Å²) in [7, 11) is 0. The standard InChI is InChI=1S/C33H27ClN2O5/c1-21-3-7-23(8-4-21)19-40-28-14-12-27(13-15-28)36-32(38)29(31(37)35-33(36)39)18-25-17-26(34)11-16-30(25)41-20-24-9-5-22(2)6-10-24/h3-18H,19-20H2,1-2H3,(H,35,37,39)/b29-18+. The van der Waals surface area contributed by atoms with E-state index < -0.39 is 17.8 Å². The van der Waals surface area contributed by atoms with Crippen molar-refractivity contribution in [2.45, 2.75) is 27.1 Å². The molecule has 8 heteroatoms. The lowest BCUT2D eigenvalue weighted by Gasteiger charge is -2.26. The van der Waals surface area contributed by atoms with Crippen LogP contribution in [0.25, 0.3) is 6.08 Å². The first kappa shape index (κ1) is 27.7. The fourth-order valence-corrected chi connectivity index (χ4v) is 4.38. The molecule has 0 bridgehead atoms. The van der Waals surface area contributed by atoms with Crippen LogP contribution in [0, 0.1) is 13.8 Å². The molecule has 7 nitrogen and oxygen atoms in total. The van der Waals surface area contributed by atoms with Crippen LogP contribution in [0.5, 0.6) is 11.5 Å². The Labute approximate surface area is 243 Å². The second-order valence-electron chi connectivity index (χ2n) is 9.68.